The van der Waals surface area contributed by atoms with Gasteiger partial charge in [0.05, 0.1) is 22.6 Å². The topological polar surface area (TPSA) is 55.2 Å². The molecular weight excluding hydrogens is 477 g/mol. The highest BCUT2D eigenvalue weighted by molar-refractivity contribution is 6.30. The van der Waals surface area contributed by atoms with Crippen molar-refractivity contribution in [3.05, 3.63) is 105 Å². The maximum atomic E-state index is 14.0. The fraction of sp³-hybridized carbons (Fsp3) is 0.276. The number of halogens is 2. The molecule has 4 rings (SSSR count). The molecule has 0 radical (unpaired) electrons. The molecule has 0 aliphatic rings. The van der Waals surface area contributed by atoms with Crippen LogP contribution in [0.2, 0.25) is 5.02 Å². The first-order valence-corrected chi connectivity index (χ1v) is 12.5. The summed E-state index contributed by atoms with van der Waals surface area (Å²) in [6, 6.07) is 17.6. The molecule has 0 N–H and O–H groups in total. The molecule has 0 spiro atoms. The molecule has 1 aromatic heterocycles. The fourth-order valence-electron chi connectivity index (χ4n) is 4.46. The zero-order chi connectivity index (χ0) is 25.8. The number of para-hydroxylation sites is 1. The summed E-state index contributed by atoms with van der Waals surface area (Å²) in [6.45, 7) is 6.29. The SMILES string of the molecule is CCCCCN(C(=O)c1cccc(F)c1)C(C)c1nc2ccccc2c(=O)n1-c1ccc(Cl)cc1C. The summed E-state index contributed by atoms with van der Waals surface area (Å²) in [6.07, 6.45) is 2.70. The normalized spacial score (nSPS) is 12.0. The summed E-state index contributed by atoms with van der Waals surface area (Å²) < 4.78 is 15.5. The third kappa shape index (κ3) is 5.19. The largest absolute Gasteiger partial charge is 0.329 e. The average molecular weight is 506 g/mol. The van der Waals surface area contributed by atoms with Gasteiger partial charge in [-0.15, -0.1) is 0 Å². The van der Waals surface area contributed by atoms with Gasteiger partial charge in [0.1, 0.15) is 11.6 Å². The van der Waals surface area contributed by atoms with E-state index in [9.17, 15) is 14.0 Å². The third-order valence-corrected chi connectivity index (χ3v) is 6.61. The van der Waals surface area contributed by atoms with Crippen molar-refractivity contribution in [3.8, 4) is 5.69 Å². The molecule has 3 aromatic carbocycles. The van der Waals surface area contributed by atoms with Crippen molar-refractivity contribution < 1.29 is 9.18 Å². The Bertz CT molecular complexity index is 1470. The molecule has 0 saturated carbocycles. The van der Waals surface area contributed by atoms with Crippen molar-refractivity contribution in [2.45, 2.75) is 46.1 Å². The number of unbranched alkanes of at least 4 members (excludes halogenated alkanes) is 2. The summed E-state index contributed by atoms with van der Waals surface area (Å²) in [5.74, 6) is -0.343. The van der Waals surface area contributed by atoms with Crippen LogP contribution >= 0.6 is 11.6 Å². The van der Waals surface area contributed by atoms with E-state index in [0.717, 1.165) is 24.8 Å². The standard InChI is InChI=1S/C29H29ClFN3O2/c1-4-5-8-16-33(28(35)21-10-9-11-23(31)18-21)20(3)27-32-25-13-7-6-12-24(25)29(36)34(27)26-15-14-22(30)17-19(26)2/h6-7,9-15,17-18,20H,4-5,8,16H2,1-3H3. The van der Waals surface area contributed by atoms with Crippen LogP contribution in [-0.4, -0.2) is 26.9 Å². The van der Waals surface area contributed by atoms with Gasteiger partial charge in [-0.05, 0) is 74.4 Å². The van der Waals surface area contributed by atoms with Crippen LogP contribution in [0, 0.1) is 12.7 Å². The van der Waals surface area contributed by atoms with Crippen molar-refractivity contribution >= 4 is 28.4 Å². The molecule has 0 aliphatic carbocycles. The first-order chi connectivity index (χ1) is 17.3. The Hall–Kier alpha value is -3.51. The summed E-state index contributed by atoms with van der Waals surface area (Å²) >= 11 is 6.20. The number of rotatable bonds is 8. The quantitative estimate of drug-likeness (QED) is 0.245. The summed E-state index contributed by atoms with van der Waals surface area (Å²) in [5, 5.41) is 1.05. The lowest BCUT2D eigenvalue weighted by atomic mass is 10.1. The molecule has 0 aliphatic heterocycles. The molecule has 0 saturated heterocycles. The Morgan fingerprint density at radius 2 is 1.86 bits per heavy atom. The van der Waals surface area contributed by atoms with Gasteiger partial charge in [-0.3, -0.25) is 14.2 Å². The van der Waals surface area contributed by atoms with E-state index in [4.69, 9.17) is 16.6 Å². The molecule has 5 nitrogen and oxygen atoms in total. The second kappa shape index (κ2) is 11.0. The lowest BCUT2D eigenvalue weighted by Crippen LogP contribution is -2.38. The molecule has 7 heteroatoms. The Morgan fingerprint density at radius 1 is 1.08 bits per heavy atom. The lowest BCUT2D eigenvalue weighted by Gasteiger charge is -2.31. The predicted molar refractivity (Wildman–Crippen MR) is 142 cm³/mol. The van der Waals surface area contributed by atoms with E-state index in [1.807, 2.05) is 19.9 Å². The summed E-state index contributed by atoms with van der Waals surface area (Å²) in [7, 11) is 0. The fourth-order valence-corrected chi connectivity index (χ4v) is 4.69. The molecule has 36 heavy (non-hydrogen) atoms. The number of benzene rings is 3. The monoisotopic (exact) mass is 505 g/mol. The van der Waals surface area contributed by atoms with E-state index in [-0.39, 0.29) is 17.0 Å². The minimum atomic E-state index is -0.565. The van der Waals surface area contributed by atoms with Crippen molar-refractivity contribution in [2.24, 2.45) is 0 Å². The van der Waals surface area contributed by atoms with E-state index in [1.54, 1.807) is 51.9 Å². The highest BCUT2D eigenvalue weighted by Gasteiger charge is 2.28. The van der Waals surface area contributed by atoms with Crippen LogP contribution in [0.25, 0.3) is 16.6 Å². The van der Waals surface area contributed by atoms with Crippen molar-refractivity contribution in [1.82, 2.24) is 14.5 Å². The van der Waals surface area contributed by atoms with E-state index in [2.05, 4.69) is 6.92 Å². The van der Waals surface area contributed by atoms with Crippen molar-refractivity contribution in [3.63, 3.8) is 0 Å². The number of nitrogens with zero attached hydrogens (tertiary/aromatic N) is 3. The maximum Gasteiger partial charge on any atom is 0.266 e. The molecule has 0 fully saturated rings. The molecule has 4 aromatic rings. The van der Waals surface area contributed by atoms with E-state index in [1.165, 1.54) is 18.2 Å². The van der Waals surface area contributed by atoms with Gasteiger partial charge in [0.25, 0.3) is 11.5 Å². The number of carbonyl (C=O) groups is 1. The molecule has 1 amide bonds. The molecule has 1 heterocycles. The minimum absolute atomic E-state index is 0.223. The van der Waals surface area contributed by atoms with Crippen molar-refractivity contribution in [1.29, 1.82) is 0 Å². The van der Waals surface area contributed by atoms with Crippen LogP contribution in [0.4, 0.5) is 4.39 Å². The van der Waals surface area contributed by atoms with Crippen molar-refractivity contribution in [2.75, 3.05) is 6.54 Å². The zero-order valence-corrected chi connectivity index (χ0v) is 21.4. The first-order valence-electron chi connectivity index (χ1n) is 12.2. The maximum absolute atomic E-state index is 14.0. The number of hydrogen-bond donors (Lipinski definition) is 0. The number of aromatic nitrogens is 2. The highest BCUT2D eigenvalue weighted by Crippen LogP contribution is 2.27. The van der Waals surface area contributed by atoms with Gasteiger partial charge >= 0.3 is 0 Å². The van der Waals surface area contributed by atoms with Gasteiger partial charge in [-0.25, -0.2) is 9.37 Å². The Morgan fingerprint density at radius 3 is 2.58 bits per heavy atom. The Labute approximate surface area is 215 Å². The van der Waals surface area contributed by atoms with Gasteiger partial charge in [-0.2, -0.15) is 0 Å². The third-order valence-electron chi connectivity index (χ3n) is 6.38. The number of hydrogen-bond acceptors (Lipinski definition) is 3. The average Bonchev–Trinajstić information content (AvgIpc) is 2.86. The van der Waals surface area contributed by atoms with Gasteiger partial charge < -0.3 is 4.90 Å². The van der Waals surface area contributed by atoms with Gasteiger partial charge in [0.2, 0.25) is 0 Å². The number of amides is 1. The second-order valence-corrected chi connectivity index (χ2v) is 9.39. The van der Waals surface area contributed by atoms with Gasteiger partial charge in [0, 0.05) is 17.1 Å². The molecular formula is C29H29ClFN3O2. The van der Waals surface area contributed by atoms with E-state index in [0.29, 0.717) is 34.0 Å². The minimum Gasteiger partial charge on any atom is -0.329 e. The Kier molecular flexibility index (Phi) is 7.85. The molecule has 186 valence electrons. The molecule has 1 atom stereocenters. The van der Waals surface area contributed by atoms with Crippen LogP contribution in [0.15, 0.2) is 71.5 Å². The molecule has 0 bridgehead atoms. The highest BCUT2D eigenvalue weighted by atomic mass is 35.5. The number of fused-ring (bicyclic) bond motifs is 1. The van der Waals surface area contributed by atoms with Crippen LogP contribution < -0.4 is 5.56 Å². The zero-order valence-electron chi connectivity index (χ0n) is 20.7. The van der Waals surface area contributed by atoms with Crippen LogP contribution in [0.1, 0.15) is 60.9 Å². The van der Waals surface area contributed by atoms with E-state index >= 15 is 0 Å². The predicted octanol–water partition coefficient (Wildman–Crippen LogP) is 6.88. The lowest BCUT2D eigenvalue weighted by molar-refractivity contribution is 0.0676. The van der Waals surface area contributed by atoms with Crippen LogP contribution in [0.3, 0.4) is 0 Å². The Balaban J connectivity index is 1.91. The number of aryl methyl sites for hydroxylation is 1. The second-order valence-electron chi connectivity index (χ2n) is 8.95. The molecule has 1 unspecified atom stereocenters. The smallest absolute Gasteiger partial charge is 0.266 e. The first kappa shape index (κ1) is 25.6. The van der Waals surface area contributed by atoms with E-state index < -0.39 is 11.9 Å². The summed E-state index contributed by atoms with van der Waals surface area (Å²) in [5.41, 5.74) is 2.05. The van der Waals surface area contributed by atoms with Gasteiger partial charge in [-0.1, -0.05) is 49.6 Å². The van der Waals surface area contributed by atoms with Crippen LogP contribution in [-0.2, 0) is 0 Å². The summed E-state index contributed by atoms with van der Waals surface area (Å²) in [4.78, 5) is 34.0. The van der Waals surface area contributed by atoms with Gasteiger partial charge in [0.15, 0.2) is 0 Å². The number of carbonyl (C=O) groups excluding carboxylic acids is 1. The van der Waals surface area contributed by atoms with Crippen LogP contribution in [0.5, 0.6) is 0 Å².